The van der Waals surface area contributed by atoms with Crippen LogP contribution in [0.4, 0.5) is 0 Å². The third kappa shape index (κ3) is 23.0. The van der Waals surface area contributed by atoms with E-state index in [1.165, 1.54) is 115 Å². The highest BCUT2D eigenvalue weighted by atomic mass is 35.5. The van der Waals surface area contributed by atoms with Crippen molar-refractivity contribution in [1.29, 1.82) is 0 Å². The van der Waals surface area contributed by atoms with Crippen molar-refractivity contribution in [2.75, 3.05) is 12.3 Å². The van der Waals surface area contributed by atoms with Crippen LogP contribution >= 0.6 is 21.0 Å². The van der Waals surface area contributed by atoms with E-state index in [2.05, 4.69) is 13.8 Å². The van der Waals surface area contributed by atoms with Gasteiger partial charge in [-0.2, -0.15) is 0 Å². The van der Waals surface area contributed by atoms with Crippen LogP contribution in [-0.2, 0) is 0 Å². The maximum atomic E-state index is 2.30. The van der Waals surface area contributed by atoms with Crippen molar-refractivity contribution in [3.63, 3.8) is 0 Å². The zero-order valence-corrected chi connectivity index (χ0v) is 17.3. The van der Waals surface area contributed by atoms with Gasteiger partial charge in [-0.1, -0.05) is 112 Å². The van der Waals surface area contributed by atoms with Gasteiger partial charge in [0.05, 0.1) is 0 Å². The van der Waals surface area contributed by atoms with E-state index in [0.29, 0.717) is 0 Å². The molecule has 0 nitrogen and oxygen atoms in total. The van der Waals surface area contributed by atoms with Crippen molar-refractivity contribution in [3.8, 4) is 0 Å². The topological polar surface area (TPSA) is 0 Å². The van der Waals surface area contributed by atoms with Crippen molar-refractivity contribution in [2.24, 2.45) is 0 Å². The predicted molar refractivity (Wildman–Crippen MR) is 109 cm³/mol. The van der Waals surface area contributed by atoms with Crippen LogP contribution in [0.5, 0.6) is 0 Å². The highest BCUT2D eigenvalue weighted by Gasteiger charge is 1.94. The molecule has 0 aromatic rings. The van der Waals surface area contributed by atoms with Gasteiger partial charge in [-0.3, -0.25) is 0 Å². The lowest BCUT2D eigenvalue weighted by Crippen LogP contribution is -1.85. The van der Waals surface area contributed by atoms with Crippen LogP contribution in [-0.4, -0.2) is 12.3 Å². The molecule has 2 heteroatoms. The summed E-state index contributed by atoms with van der Waals surface area (Å²) >= 11 is 0. The molecule has 0 aromatic heterocycles. The van der Waals surface area contributed by atoms with E-state index >= 15 is 0 Å². The molecule has 0 aliphatic heterocycles. The van der Waals surface area contributed by atoms with Gasteiger partial charge in [-0.05, 0) is 25.2 Å². The number of hydrogen-bond donors (Lipinski definition) is 0. The number of halogens is 1. The van der Waals surface area contributed by atoms with Crippen LogP contribution in [0.25, 0.3) is 0 Å². The molecule has 0 atom stereocenters. The van der Waals surface area contributed by atoms with Crippen LogP contribution < -0.4 is 0 Å². The second kappa shape index (κ2) is 24.0. The van der Waals surface area contributed by atoms with E-state index in [-0.39, 0.29) is 12.4 Å². The van der Waals surface area contributed by atoms with Gasteiger partial charge in [0, 0.05) is 0 Å². The monoisotopic (exact) mass is 349 g/mol. The quantitative estimate of drug-likeness (QED) is 0.171. The van der Waals surface area contributed by atoms with Gasteiger partial charge in [-0.15, -0.1) is 12.4 Å². The molecule has 1 radical (unpaired) electrons. The Kier molecular flexibility index (Phi) is 27.2. The van der Waals surface area contributed by atoms with E-state index in [1.54, 1.807) is 8.58 Å². The molecule has 0 heterocycles. The second-order valence-corrected chi connectivity index (χ2v) is 7.96. The fraction of sp³-hybridized carbons (Fsp3) is 1.00. The lowest BCUT2D eigenvalue weighted by Gasteiger charge is -2.03. The maximum Gasteiger partial charge on any atom is -0.0287 e. The smallest absolute Gasteiger partial charge is 0.0287 e. The summed E-state index contributed by atoms with van der Waals surface area (Å²) in [5.74, 6) is 0. The Balaban J connectivity index is 0. The third-order valence-corrected chi connectivity index (χ3v) is 5.60. The van der Waals surface area contributed by atoms with Crippen LogP contribution in [0.3, 0.4) is 0 Å². The number of hydrogen-bond acceptors (Lipinski definition) is 0. The van der Waals surface area contributed by atoms with Gasteiger partial charge in [0.1, 0.15) is 0 Å². The molecule has 0 spiro atoms. The van der Waals surface area contributed by atoms with Crippen molar-refractivity contribution < 1.29 is 0 Å². The molecule has 0 amide bonds. The molecule has 0 aromatic carbocycles. The van der Waals surface area contributed by atoms with Gasteiger partial charge in [0.2, 0.25) is 0 Å². The van der Waals surface area contributed by atoms with E-state index in [0.717, 1.165) is 0 Å². The molecule has 0 bridgehead atoms. The van der Waals surface area contributed by atoms with Crippen molar-refractivity contribution in [3.05, 3.63) is 0 Å². The summed E-state index contributed by atoms with van der Waals surface area (Å²) in [6.45, 7) is 4.59. The van der Waals surface area contributed by atoms with Gasteiger partial charge in [0.15, 0.2) is 0 Å². The first kappa shape index (κ1) is 25.0. The van der Waals surface area contributed by atoms with Gasteiger partial charge in [0.25, 0.3) is 0 Å². The lowest BCUT2D eigenvalue weighted by atomic mass is 10.1. The van der Waals surface area contributed by atoms with Crippen LogP contribution in [0, 0.1) is 0 Å². The highest BCUT2D eigenvalue weighted by Crippen LogP contribution is 2.18. The summed E-state index contributed by atoms with van der Waals surface area (Å²) in [4.78, 5) is 0. The lowest BCUT2D eigenvalue weighted by molar-refractivity contribution is 0.548. The predicted octanol–water partition coefficient (Wildman–Crippen LogP) is 8.64. The molecule has 0 rings (SSSR count). The molecule has 0 N–H and O–H groups in total. The Hall–Kier alpha value is 0.720. The Morgan fingerprint density at radius 2 is 0.682 bits per heavy atom. The maximum absolute atomic E-state index is 2.30. The highest BCUT2D eigenvalue weighted by molar-refractivity contribution is 7.37. The molecule has 22 heavy (non-hydrogen) atoms. The van der Waals surface area contributed by atoms with Crippen LogP contribution in [0.2, 0.25) is 0 Å². The second-order valence-electron chi connectivity index (χ2n) is 6.62. The normalized spacial score (nSPS) is 11.2. The van der Waals surface area contributed by atoms with Crippen molar-refractivity contribution in [1.82, 2.24) is 0 Å². The average Bonchev–Trinajstić information content (AvgIpc) is 2.50. The van der Waals surface area contributed by atoms with Gasteiger partial charge in [-0.25, -0.2) is 0 Å². The van der Waals surface area contributed by atoms with E-state index in [4.69, 9.17) is 0 Å². The molecule has 0 saturated carbocycles. The minimum atomic E-state index is 0. The Morgan fingerprint density at radius 1 is 0.409 bits per heavy atom. The molecular weight excluding hydrogens is 307 g/mol. The summed E-state index contributed by atoms with van der Waals surface area (Å²) in [6.07, 6.45) is 26.3. The zero-order chi connectivity index (χ0) is 15.4. The molecule has 0 aliphatic carbocycles. The standard InChI is InChI=1S/C20H42P.ClH/c1-3-5-7-9-10-11-12-13-14-15-16-18-20-21-19-17-8-6-4-2;/h3-20H2,1-2H3;1H. The average molecular weight is 350 g/mol. The summed E-state index contributed by atoms with van der Waals surface area (Å²) in [5.41, 5.74) is 0. The zero-order valence-electron chi connectivity index (χ0n) is 15.6. The fourth-order valence-corrected chi connectivity index (χ4v) is 3.94. The van der Waals surface area contributed by atoms with E-state index < -0.39 is 0 Å². The summed E-state index contributed by atoms with van der Waals surface area (Å²) in [7, 11) is 1.72. The van der Waals surface area contributed by atoms with Crippen LogP contribution in [0.15, 0.2) is 0 Å². The summed E-state index contributed by atoms with van der Waals surface area (Å²) < 4.78 is 0. The minimum Gasteiger partial charge on any atom is -0.147 e. The molecule has 0 unspecified atom stereocenters. The fourth-order valence-electron chi connectivity index (χ4n) is 2.83. The molecule has 0 fully saturated rings. The number of rotatable bonds is 18. The van der Waals surface area contributed by atoms with Gasteiger partial charge < -0.3 is 0 Å². The van der Waals surface area contributed by atoms with E-state index in [9.17, 15) is 0 Å². The Morgan fingerprint density at radius 3 is 1.05 bits per heavy atom. The minimum absolute atomic E-state index is 0. The first-order valence-electron chi connectivity index (χ1n) is 10.0. The molecular formula is C20H43ClP. The van der Waals surface area contributed by atoms with Gasteiger partial charge >= 0.3 is 0 Å². The van der Waals surface area contributed by atoms with E-state index in [1.807, 2.05) is 0 Å². The largest absolute Gasteiger partial charge is 0.147 e. The Bertz CT molecular complexity index is 155. The first-order chi connectivity index (χ1) is 10.4. The van der Waals surface area contributed by atoms with Crippen molar-refractivity contribution in [2.45, 2.75) is 117 Å². The molecule has 135 valence electrons. The Labute approximate surface area is 150 Å². The number of unbranched alkanes of at least 4 members (excludes halogenated alkanes) is 14. The third-order valence-electron chi connectivity index (χ3n) is 4.34. The SMILES string of the molecule is CCCCCCCCCCCCCC[P]CCCCCC.Cl. The van der Waals surface area contributed by atoms with Crippen molar-refractivity contribution >= 4 is 21.0 Å². The first-order valence-corrected chi connectivity index (χ1v) is 11.3. The molecule has 0 aliphatic rings. The van der Waals surface area contributed by atoms with Crippen LogP contribution in [0.1, 0.15) is 117 Å². The summed E-state index contributed by atoms with van der Waals surface area (Å²) in [6, 6.07) is 0. The summed E-state index contributed by atoms with van der Waals surface area (Å²) in [5, 5.41) is 0. The molecule has 0 saturated heterocycles.